The number of carbonyl (C=O) groups is 1. The number of rotatable bonds is 4. The topological polar surface area (TPSA) is 45.7 Å². The molecular weight excluding hydrogens is 290 g/mol. The van der Waals surface area contributed by atoms with E-state index in [1.807, 2.05) is 38.1 Å². The molecule has 1 aliphatic rings. The van der Waals surface area contributed by atoms with Crippen molar-refractivity contribution < 1.29 is 9.53 Å². The lowest BCUT2D eigenvalue weighted by atomic mass is 10.0. The first-order valence-electron chi connectivity index (χ1n) is 8.50. The smallest absolute Gasteiger partial charge is 0.410 e. The number of ether oxygens (including phenoxy) is 1. The number of nitrogens with zero attached hydrogens (tertiary/aromatic N) is 3. The van der Waals surface area contributed by atoms with E-state index >= 15 is 0 Å². The summed E-state index contributed by atoms with van der Waals surface area (Å²) in [6.45, 7) is 11.4. The zero-order valence-electron chi connectivity index (χ0n) is 14.8. The minimum absolute atomic E-state index is 0.187. The third-order valence-electron chi connectivity index (χ3n) is 4.17. The van der Waals surface area contributed by atoms with Crippen LogP contribution in [0.15, 0.2) is 24.5 Å². The van der Waals surface area contributed by atoms with Crippen LogP contribution >= 0.6 is 0 Å². The molecule has 1 aliphatic heterocycles. The minimum atomic E-state index is -0.426. The van der Waals surface area contributed by atoms with Crippen LogP contribution in [0.2, 0.25) is 0 Å². The summed E-state index contributed by atoms with van der Waals surface area (Å²) in [6.07, 6.45) is 5.49. The average molecular weight is 319 g/mol. The maximum absolute atomic E-state index is 12.1. The highest BCUT2D eigenvalue weighted by atomic mass is 16.6. The maximum Gasteiger partial charge on any atom is 0.410 e. The molecule has 1 aromatic rings. The molecule has 0 aliphatic carbocycles. The van der Waals surface area contributed by atoms with Gasteiger partial charge in [0.2, 0.25) is 0 Å². The molecular formula is C18H29N3O2. The van der Waals surface area contributed by atoms with E-state index < -0.39 is 5.60 Å². The fraction of sp³-hybridized carbons (Fsp3) is 0.667. The van der Waals surface area contributed by atoms with Gasteiger partial charge in [0.15, 0.2) is 0 Å². The number of hydrogen-bond acceptors (Lipinski definition) is 4. The standard InChI is InChI=1S/C18H29N3O2/c1-5-20(14-15-6-10-19-11-7-15)16-8-12-21(13-9-16)17(22)23-18(2,3)4/h6-7,10-11,16H,5,8-9,12-14H2,1-4H3. The van der Waals surface area contributed by atoms with Crippen LogP contribution in [0.25, 0.3) is 0 Å². The molecule has 1 saturated heterocycles. The molecule has 5 nitrogen and oxygen atoms in total. The first-order chi connectivity index (χ1) is 10.9. The first kappa shape index (κ1) is 17.7. The van der Waals surface area contributed by atoms with Gasteiger partial charge in [0, 0.05) is 38.1 Å². The number of aromatic nitrogens is 1. The van der Waals surface area contributed by atoms with Gasteiger partial charge in [-0.15, -0.1) is 0 Å². The van der Waals surface area contributed by atoms with E-state index in [4.69, 9.17) is 4.74 Å². The van der Waals surface area contributed by atoms with Gasteiger partial charge < -0.3 is 9.64 Å². The molecule has 23 heavy (non-hydrogen) atoms. The van der Waals surface area contributed by atoms with Crippen LogP contribution in [0, 0.1) is 0 Å². The van der Waals surface area contributed by atoms with Gasteiger partial charge >= 0.3 is 6.09 Å². The van der Waals surface area contributed by atoms with Crippen molar-refractivity contribution in [2.45, 2.75) is 58.7 Å². The summed E-state index contributed by atoms with van der Waals surface area (Å²) in [5.41, 5.74) is 0.862. The van der Waals surface area contributed by atoms with Crippen LogP contribution < -0.4 is 0 Å². The van der Waals surface area contributed by atoms with Crippen LogP contribution in [-0.2, 0) is 11.3 Å². The molecule has 1 aromatic heterocycles. The predicted molar refractivity (Wildman–Crippen MR) is 91.2 cm³/mol. The zero-order chi connectivity index (χ0) is 16.9. The molecule has 128 valence electrons. The van der Waals surface area contributed by atoms with Gasteiger partial charge in [-0.3, -0.25) is 9.88 Å². The Bertz CT molecular complexity index is 491. The van der Waals surface area contributed by atoms with E-state index in [-0.39, 0.29) is 6.09 Å². The minimum Gasteiger partial charge on any atom is -0.444 e. The number of hydrogen-bond donors (Lipinski definition) is 0. The molecule has 0 saturated carbocycles. The fourth-order valence-corrected chi connectivity index (χ4v) is 2.96. The highest BCUT2D eigenvalue weighted by Crippen LogP contribution is 2.20. The number of carbonyl (C=O) groups excluding carboxylic acids is 1. The van der Waals surface area contributed by atoms with E-state index in [0.717, 1.165) is 39.0 Å². The Morgan fingerprint density at radius 2 is 1.91 bits per heavy atom. The molecule has 0 spiro atoms. The number of likely N-dealkylation sites (tertiary alicyclic amines) is 1. The molecule has 0 aromatic carbocycles. The van der Waals surface area contributed by atoms with Crippen LogP contribution in [0.1, 0.15) is 46.1 Å². The molecule has 2 heterocycles. The Hall–Kier alpha value is -1.62. The lowest BCUT2D eigenvalue weighted by Gasteiger charge is -2.38. The average Bonchev–Trinajstić information content (AvgIpc) is 2.52. The van der Waals surface area contributed by atoms with Crippen molar-refractivity contribution >= 4 is 6.09 Å². The lowest BCUT2D eigenvalue weighted by Crippen LogP contribution is -2.47. The second-order valence-corrected chi connectivity index (χ2v) is 7.12. The molecule has 0 bridgehead atoms. The van der Waals surface area contributed by atoms with Gasteiger partial charge in [-0.25, -0.2) is 4.79 Å². The second kappa shape index (κ2) is 7.77. The summed E-state index contributed by atoms with van der Waals surface area (Å²) < 4.78 is 5.46. The highest BCUT2D eigenvalue weighted by Gasteiger charge is 2.29. The van der Waals surface area contributed by atoms with Crippen LogP contribution in [-0.4, -0.2) is 52.2 Å². The van der Waals surface area contributed by atoms with E-state index in [1.54, 1.807) is 0 Å². The Morgan fingerprint density at radius 3 is 2.43 bits per heavy atom. The summed E-state index contributed by atoms with van der Waals surface area (Å²) in [4.78, 5) is 20.5. The Labute approximate surface area is 139 Å². The third-order valence-corrected chi connectivity index (χ3v) is 4.17. The molecule has 0 N–H and O–H groups in total. The molecule has 1 amide bonds. The Kier molecular flexibility index (Phi) is 5.99. The summed E-state index contributed by atoms with van der Waals surface area (Å²) in [6, 6.07) is 4.66. The van der Waals surface area contributed by atoms with Crippen LogP contribution in [0.4, 0.5) is 4.79 Å². The van der Waals surface area contributed by atoms with Crippen molar-refractivity contribution in [1.82, 2.24) is 14.8 Å². The van der Waals surface area contributed by atoms with Crippen molar-refractivity contribution in [2.24, 2.45) is 0 Å². The largest absolute Gasteiger partial charge is 0.444 e. The summed E-state index contributed by atoms with van der Waals surface area (Å²) in [5.74, 6) is 0. The van der Waals surface area contributed by atoms with Crippen molar-refractivity contribution in [1.29, 1.82) is 0 Å². The quantitative estimate of drug-likeness (QED) is 0.854. The van der Waals surface area contributed by atoms with Crippen LogP contribution in [0.3, 0.4) is 0 Å². The van der Waals surface area contributed by atoms with Crippen molar-refractivity contribution in [3.8, 4) is 0 Å². The molecule has 0 radical (unpaired) electrons. The monoisotopic (exact) mass is 319 g/mol. The normalized spacial score (nSPS) is 16.7. The van der Waals surface area contributed by atoms with Gasteiger partial charge in [-0.2, -0.15) is 0 Å². The fourth-order valence-electron chi connectivity index (χ4n) is 2.96. The predicted octanol–water partition coefficient (Wildman–Crippen LogP) is 3.30. The number of piperidine rings is 1. The zero-order valence-corrected chi connectivity index (χ0v) is 14.8. The third kappa shape index (κ3) is 5.50. The lowest BCUT2D eigenvalue weighted by molar-refractivity contribution is 0.0141. The molecule has 5 heteroatoms. The molecule has 1 fully saturated rings. The number of amides is 1. The van der Waals surface area contributed by atoms with Crippen molar-refractivity contribution in [3.05, 3.63) is 30.1 Å². The van der Waals surface area contributed by atoms with E-state index in [9.17, 15) is 4.79 Å². The highest BCUT2D eigenvalue weighted by molar-refractivity contribution is 5.68. The van der Waals surface area contributed by atoms with E-state index in [2.05, 4.69) is 28.9 Å². The van der Waals surface area contributed by atoms with Gasteiger partial charge in [0.05, 0.1) is 0 Å². The summed E-state index contributed by atoms with van der Waals surface area (Å²) in [5, 5.41) is 0. The van der Waals surface area contributed by atoms with Crippen molar-refractivity contribution in [3.63, 3.8) is 0 Å². The molecule has 2 rings (SSSR count). The number of pyridine rings is 1. The molecule has 0 unspecified atom stereocenters. The first-order valence-corrected chi connectivity index (χ1v) is 8.50. The second-order valence-electron chi connectivity index (χ2n) is 7.12. The molecule has 0 atom stereocenters. The van der Waals surface area contributed by atoms with Gasteiger partial charge in [-0.1, -0.05) is 6.92 Å². The van der Waals surface area contributed by atoms with Crippen LogP contribution in [0.5, 0.6) is 0 Å². The Balaban J connectivity index is 1.86. The van der Waals surface area contributed by atoms with E-state index in [1.165, 1.54) is 5.56 Å². The van der Waals surface area contributed by atoms with Crippen molar-refractivity contribution in [2.75, 3.05) is 19.6 Å². The SMILES string of the molecule is CCN(Cc1ccncc1)C1CCN(C(=O)OC(C)(C)C)CC1. The van der Waals surface area contributed by atoms with Gasteiger partial charge in [-0.05, 0) is 57.9 Å². The van der Waals surface area contributed by atoms with E-state index in [0.29, 0.717) is 6.04 Å². The maximum atomic E-state index is 12.1. The summed E-state index contributed by atoms with van der Waals surface area (Å²) >= 11 is 0. The Morgan fingerprint density at radius 1 is 1.30 bits per heavy atom. The van der Waals surface area contributed by atoms with Gasteiger partial charge in [0.25, 0.3) is 0 Å². The summed E-state index contributed by atoms with van der Waals surface area (Å²) in [7, 11) is 0. The van der Waals surface area contributed by atoms with Gasteiger partial charge in [0.1, 0.15) is 5.60 Å².